The van der Waals surface area contributed by atoms with E-state index >= 15 is 0 Å². The molecule has 0 saturated carbocycles. The number of benzene rings is 1. The number of fused-ring (bicyclic) bond motifs is 5. The number of aromatic nitrogens is 4. The van der Waals surface area contributed by atoms with Crippen molar-refractivity contribution in [2.24, 2.45) is 0 Å². The van der Waals surface area contributed by atoms with Crippen LogP contribution in [0.25, 0.3) is 27.7 Å². The molecule has 0 aliphatic carbocycles. The molecule has 5 heteroatoms. The Morgan fingerprint density at radius 2 is 1.83 bits per heavy atom. The minimum Gasteiger partial charge on any atom is -0.385 e. The molecule has 0 fully saturated rings. The Balaban J connectivity index is 2.07. The second-order valence-corrected chi connectivity index (χ2v) is 6.33. The van der Waals surface area contributed by atoms with E-state index in [1.807, 2.05) is 12.1 Å². The maximum absolute atomic E-state index is 5.21. The molecule has 5 nitrogen and oxygen atoms in total. The summed E-state index contributed by atoms with van der Waals surface area (Å²) in [5.74, 6) is 0.969. The molecular weight excluding hydrogens is 300 g/mol. The van der Waals surface area contributed by atoms with Gasteiger partial charge >= 0.3 is 0 Å². The van der Waals surface area contributed by atoms with Crippen LogP contribution < -0.4 is 0 Å². The summed E-state index contributed by atoms with van der Waals surface area (Å²) < 4.78 is 9.68. The first-order chi connectivity index (χ1) is 11.6. The van der Waals surface area contributed by atoms with Crippen LogP contribution in [-0.2, 0) is 11.3 Å². The van der Waals surface area contributed by atoms with Gasteiger partial charge in [0.2, 0.25) is 0 Å². The van der Waals surface area contributed by atoms with Crippen molar-refractivity contribution >= 4 is 27.7 Å². The van der Waals surface area contributed by atoms with E-state index in [0.717, 1.165) is 53.1 Å². The van der Waals surface area contributed by atoms with E-state index in [-0.39, 0.29) is 0 Å². The fourth-order valence-corrected chi connectivity index (χ4v) is 3.59. The first-order valence-corrected chi connectivity index (χ1v) is 8.35. The fourth-order valence-electron chi connectivity index (χ4n) is 3.59. The van der Waals surface area contributed by atoms with Gasteiger partial charge in [-0.25, -0.2) is 9.97 Å². The van der Waals surface area contributed by atoms with Crippen LogP contribution in [0.2, 0.25) is 0 Å². The van der Waals surface area contributed by atoms with Gasteiger partial charge in [-0.15, -0.1) is 0 Å². The average Bonchev–Trinajstić information content (AvgIpc) is 3.06. The lowest BCUT2D eigenvalue weighted by molar-refractivity contribution is 0.190. The minimum atomic E-state index is 0.757. The lowest BCUT2D eigenvalue weighted by Gasteiger charge is -2.08. The predicted octanol–water partition coefficient (Wildman–Crippen LogP) is 3.80. The molecule has 0 spiro atoms. The minimum absolute atomic E-state index is 0.757. The lowest BCUT2D eigenvalue weighted by Crippen LogP contribution is -2.05. The highest BCUT2D eigenvalue weighted by molar-refractivity contribution is 5.98. The second kappa shape index (κ2) is 5.60. The number of hydrogen-bond donors (Lipinski definition) is 0. The molecule has 0 saturated heterocycles. The third-order valence-corrected chi connectivity index (χ3v) is 4.91. The Morgan fingerprint density at radius 1 is 1.04 bits per heavy atom. The molecule has 0 N–H and O–H groups in total. The van der Waals surface area contributed by atoms with Crippen LogP contribution >= 0.6 is 0 Å². The van der Waals surface area contributed by atoms with Crippen molar-refractivity contribution in [1.82, 2.24) is 18.9 Å². The summed E-state index contributed by atoms with van der Waals surface area (Å²) in [6, 6.07) is 8.25. The molecule has 0 radical (unpaired) electrons. The summed E-state index contributed by atoms with van der Waals surface area (Å²) in [6.45, 7) is 8.05. The molecule has 0 aliphatic rings. The van der Waals surface area contributed by atoms with Gasteiger partial charge in [0.15, 0.2) is 5.65 Å². The first kappa shape index (κ1) is 15.1. The largest absolute Gasteiger partial charge is 0.385 e. The highest BCUT2D eigenvalue weighted by Gasteiger charge is 2.19. The lowest BCUT2D eigenvalue weighted by atomic mass is 10.2. The molecular formula is C19H22N4O. The summed E-state index contributed by atoms with van der Waals surface area (Å²) in [6.07, 6.45) is 0.975. The fraction of sp³-hybridized carbons (Fsp3) is 0.368. The van der Waals surface area contributed by atoms with Gasteiger partial charge in [-0.2, -0.15) is 0 Å². The number of ether oxygens (including phenoxy) is 1. The number of imidazole rings is 1. The smallest absolute Gasteiger partial charge is 0.150 e. The Kier molecular flexibility index (Phi) is 3.53. The summed E-state index contributed by atoms with van der Waals surface area (Å²) in [5, 5.41) is 1.16. The maximum atomic E-state index is 5.21. The molecule has 24 heavy (non-hydrogen) atoms. The van der Waals surface area contributed by atoms with E-state index < -0.39 is 0 Å². The van der Waals surface area contributed by atoms with E-state index in [0.29, 0.717) is 0 Å². The van der Waals surface area contributed by atoms with Gasteiger partial charge in [0, 0.05) is 26.0 Å². The molecule has 1 aromatic carbocycles. The normalized spacial score (nSPS) is 12.0. The van der Waals surface area contributed by atoms with E-state index in [1.165, 1.54) is 11.3 Å². The Bertz CT molecular complexity index is 1060. The average molecular weight is 322 g/mol. The zero-order chi connectivity index (χ0) is 16.8. The van der Waals surface area contributed by atoms with Crippen molar-refractivity contribution < 1.29 is 4.74 Å². The van der Waals surface area contributed by atoms with E-state index in [2.05, 4.69) is 41.9 Å². The molecule has 0 unspecified atom stereocenters. The van der Waals surface area contributed by atoms with Crippen LogP contribution in [-0.4, -0.2) is 32.7 Å². The quantitative estimate of drug-likeness (QED) is 0.537. The topological polar surface area (TPSA) is 44.4 Å². The summed E-state index contributed by atoms with van der Waals surface area (Å²) >= 11 is 0. The second-order valence-electron chi connectivity index (χ2n) is 6.33. The number of nitrogens with zero attached hydrogens (tertiary/aromatic N) is 4. The van der Waals surface area contributed by atoms with Crippen molar-refractivity contribution in [2.45, 2.75) is 33.7 Å². The maximum Gasteiger partial charge on any atom is 0.150 e. The zero-order valence-electron chi connectivity index (χ0n) is 14.6. The van der Waals surface area contributed by atoms with Crippen LogP contribution in [0, 0.1) is 20.8 Å². The predicted molar refractivity (Wildman–Crippen MR) is 96.7 cm³/mol. The van der Waals surface area contributed by atoms with Gasteiger partial charge in [0.25, 0.3) is 0 Å². The number of methoxy groups -OCH3 is 1. The molecule has 0 aliphatic heterocycles. The summed E-state index contributed by atoms with van der Waals surface area (Å²) in [4.78, 5) is 9.83. The van der Waals surface area contributed by atoms with E-state index in [4.69, 9.17) is 14.7 Å². The third-order valence-electron chi connectivity index (χ3n) is 4.91. The molecule has 124 valence electrons. The number of aryl methyl sites for hydroxylation is 3. The SMILES string of the molecule is COCCCn1c(C)c(C)c2c1nc(C)n1c3ccccc3nc21. The van der Waals surface area contributed by atoms with Crippen molar-refractivity contribution in [1.29, 1.82) is 0 Å². The highest BCUT2D eigenvalue weighted by atomic mass is 16.5. The van der Waals surface area contributed by atoms with Crippen molar-refractivity contribution in [2.75, 3.05) is 13.7 Å². The molecule has 0 atom stereocenters. The molecule has 3 heterocycles. The Hall–Kier alpha value is -2.40. The molecule has 4 aromatic rings. The summed E-state index contributed by atoms with van der Waals surface area (Å²) in [7, 11) is 1.74. The molecule has 0 bridgehead atoms. The van der Waals surface area contributed by atoms with Crippen molar-refractivity contribution in [3.8, 4) is 0 Å². The van der Waals surface area contributed by atoms with Crippen LogP contribution in [0.15, 0.2) is 24.3 Å². The highest BCUT2D eigenvalue weighted by Crippen LogP contribution is 2.30. The van der Waals surface area contributed by atoms with Crippen molar-refractivity contribution in [3.05, 3.63) is 41.3 Å². The van der Waals surface area contributed by atoms with Crippen LogP contribution in [0.3, 0.4) is 0 Å². The van der Waals surface area contributed by atoms with Crippen LogP contribution in [0.5, 0.6) is 0 Å². The zero-order valence-corrected chi connectivity index (χ0v) is 14.6. The number of hydrogen-bond acceptors (Lipinski definition) is 3. The van der Waals surface area contributed by atoms with Gasteiger partial charge < -0.3 is 9.30 Å². The van der Waals surface area contributed by atoms with Crippen molar-refractivity contribution in [3.63, 3.8) is 0 Å². The Labute approximate surface area is 140 Å². The van der Waals surface area contributed by atoms with Gasteiger partial charge in [-0.1, -0.05) is 12.1 Å². The van der Waals surface area contributed by atoms with E-state index in [9.17, 15) is 0 Å². The van der Waals surface area contributed by atoms with Gasteiger partial charge in [0.05, 0.1) is 16.4 Å². The van der Waals surface area contributed by atoms with Gasteiger partial charge in [0.1, 0.15) is 11.5 Å². The summed E-state index contributed by atoms with van der Waals surface area (Å²) in [5.41, 5.74) is 6.68. The molecule has 4 rings (SSSR count). The van der Waals surface area contributed by atoms with Gasteiger partial charge in [-0.05, 0) is 44.9 Å². The first-order valence-electron chi connectivity index (χ1n) is 8.35. The van der Waals surface area contributed by atoms with E-state index in [1.54, 1.807) is 7.11 Å². The van der Waals surface area contributed by atoms with Crippen LogP contribution in [0.1, 0.15) is 23.5 Å². The third kappa shape index (κ3) is 2.04. The van der Waals surface area contributed by atoms with Gasteiger partial charge in [-0.3, -0.25) is 4.40 Å². The number of para-hydroxylation sites is 2. The molecule has 0 amide bonds. The number of rotatable bonds is 4. The Morgan fingerprint density at radius 3 is 2.62 bits per heavy atom. The monoisotopic (exact) mass is 322 g/mol. The standard InChI is InChI=1S/C19H22N4O/c1-12-13(2)22(10-7-11-24-4)18-17(12)19-21-15-8-5-6-9-16(15)23(19)14(3)20-18/h5-6,8-9H,7,10-11H2,1-4H3. The molecule has 3 aromatic heterocycles. The van der Waals surface area contributed by atoms with Crippen LogP contribution in [0.4, 0.5) is 0 Å².